The number of ketones is 3. The minimum atomic E-state index is -1.85. The van der Waals surface area contributed by atoms with Crippen molar-refractivity contribution in [3.63, 3.8) is 0 Å². The van der Waals surface area contributed by atoms with Gasteiger partial charge in [0.2, 0.25) is 0 Å². The predicted octanol–water partition coefficient (Wildman–Crippen LogP) is 8.60. The van der Waals surface area contributed by atoms with Crippen LogP contribution in [-0.2, 0) is 14.4 Å². The summed E-state index contributed by atoms with van der Waals surface area (Å²) in [6.45, 7) is 21.5. The third kappa shape index (κ3) is 5.33. The van der Waals surface area contributed by atoms with Crippen LogP contribution in [-0.4, -0.2) is 22.5 Å². The quantitative estimate of drug-likeness (QED) is 0.230. The number of carbonyl (C=O) groups excluding carboxylic acids is 3. The van der Waals surface area contributed by atoms with Gasteiger partial charge in [-0.2, -0.15) is 0 Å². The highest BCUT2D eigenvalue weighted by Crippen LogP contribution is 2.67. The average Bonchev–Trinajstić information content (AvgIpc) is 2.80. The molecule has 2 aliphatic carbocycles. The lowest BCUT2D eigenvalue weighted by atomic mass is 9.38. The zero-order chi connectivity index (χ0) is 29.2. The summed E-state index contributed by atoms with van der Waals surface area (Å²) in [5.74, 6) is -2.00. The molecule has 2 rings (SSSR count). The fourth-order valence-electron chi connectivity index (χ4n) is 6.39. The number of rotatable bonds is 10. The van der Waals surface area contributed by atoms with E-state index in [-0.39, 0.29) is 35.9 Å². The molecule has 4 nitrogen and oxygen atoms in total. The lowest BCUT2D eigenvalue weighted by Crippen LogP contribution is -2.71. The number of carbonyl (C=O) groups is 3. The zero-order valence-electron chi connectivity index (χ0n) is 25.7. The molecule has 0 heterocycles. The highest BCUT2D eigenvalue weighted by Gasteiger charge is 2.75. The molecular formula is C34H50O4. The van der Waals surface area contributed by atoms with Crippen LogP contribution in [0, 0.1) is 28.1 Å². The molecule has 0 aromatic rings. The Bertz CT molecular complexity index is 1120. The molecule has 0 saturated heterocycles. The lowest BCUT2D eigenvalue weighted by molar-refractivity contribution is -0.179. The molecule has 1 N–H and O–H groups in total. The summed E-state index contributed by atoms with van der Waals surface area (Å²) < 4.78 is 0. The molecule has 0 spiro atoms. The summed E-state index contributed by atoms with van der Waals surface area (Å²) in [5, 5.41) is 11.9. The molecule has 2 bridgehead atoms. The first-order chi connectivity index (χ1) is 17.5. The van der Waals surface area contributed by atoms with Gasteiger partial charge in [0.05, 0.1) is 5.41 Å². The summed E-state index contributed by atoms with van der Waals surface area (Å²) in [6.07, 6.45) is 10.1. The van der Waals surface area contributed by atoms with E-state index in [9.17, 15) is 19.5 Å². The van der Waals surface area contributed by atoms with Gasteiger partial charge in [-0.05, 0) is 93.4 Å². The number of aliphatic hydroxyl groups excluding tert-OH is 1. The van der Waals surface area contributed by atoms with Crippen molar-refractivity contribution in [3.8, 4) is 0 Å². The van der Waals surface area contributed by atoms with Gasteiger partial charge in [-0.25, -0.2) is 0 Å². The topological polar surface area (TPSA) is 71.4 Å². The van der Waals surface area contributed by atoms with Gasteiger partial charge in [0.15, 0.2) is 22.8 Å². The second-order valence-corrected chi connectivity index (χ2v) is 13.1. The molecule has 4 heteroatoms. The second-order valence-electron chi connectivity index (χ2n) is 13.1. The molecule has 0 radical (unpaired) electrons. The van der Waals surface area contributed by atoms with E-state index in [0.717, 1.165) is 22.3 Å². The molecule has 0 aromatic heterocycles. The molecule has 0 amide bonds. The first kappa shape index (κ1) is 31.7. The monoisotopic (exact) mass is 522 g/mol. The van der Waals surface area contributed by atoms with Crippen molar-refractivity contribution in [2.45, 2.75) is 108 Å². The van der Waals surface area contributed by atoms with Gasteiger partial charge in [-0.3, -0.25) is 14.4 Å². The molecular weight excluding hydrogens is 472 g/mol. The lowest BCUT2D eigenvalue weighted by Gasteiger charge is -2.61. The van der Waals surface area contributed by atoms with Crippen molar-refractivity contribution < 1.29 is 19.5 Å². The van der Waals surface area contributed by atoms with E-state index < -0.39 is 33.7 Å². The molecule has 2 aliphatic rings. The molecule has 0 aliphatic heterocycles. The van der Waals surface area contributed by atoms with Crippen LogP contribution >= 0.6 is 0 Å². The fourth-order valence-corrected chi connectivity index (χ4v) is 6.39. The summed E-state index contributed by atoms with van der Waals surface area (Å²) in [7, 11) is 0. The van der Waals surface area contributed by atoms with E-state index in [2.05, 4.69) is 12.2 Å². The maximum absolute atomic E-state index is 14.9. The van der Waals surface area contributed by atoms with Crippen LogP contribution in [0.2, 0.25) is 0 Å². The van der Waals surface area contributed by atoms with E-state index in [1.54, 1.807) is 13.8 Å². The molecule has 38 heavy (non-hydrogen) atoms. The number of fused-ring (bicyclic) bond motifs is 2. The molecule has 1 saturated carbocycles. The largest absolute Gasteiger partial charge is 0.511 e. The molecule has 1 fully saturated rings. The fraction of sp³-hybridized carbons (Fsp3) is 0.618. The Hall–Kier alpha value is -2.49. The normalized spacial score (nSPS) is 28.7. The van der Waals surface area contributed by atoms with Gasteiger partial charge < -0.3 is 5.11 Å². The van der Waals surface area contributed by atoms with Crippen molar-refractivity contribution in [3.05, 3.63) is 57.9 Å². The van der Waals surface area contributed by atoms with Crippen molar-refractivity contribution in [1.29, 1.82) is 0 Å². The highest BCUT2D eigenvalue weighted by atomic mass is 16.3. The van der Waals surface area contributed by atoms with Crippen LogP contribution in [0.3, 0.4) is 0 Å². The van der Waals surface area contributed by atoms with Gasteiger partial charge in [-0.1, -0.05) is 67.4 Å². The van der Waals surface area contributed by atoms with Gasteiger partial charge in [0, 0.05) is 16.9 Å². The van der Waals surface area contributed by atoms with Crippen LogP contribution in [0.1, 0.15) is 108 Å². The second kappa shape index (κ2) is 11.7. The third-order valence-electron chi connectivity index (χ3n) is 8.69. The van der Waals surface area contributed by atoms with Crippen LogP contribution in [0.4, 0.5) is 0 Å². The Kier molecular flexibility index (Phi) is 9.78. The van der Waals surface area contributed by atoms with Crippen LogP contribution in [0.5, 0.6) is 0 Å². The maximum Gasteiger partial charge on any atom is 0.184 e. The summed E-state index contributed by atoms with van der Waals surface area (Å²) in [4.78, 5) is 44.1. The van der Waals surface area contributed by atoms with Gasteiger partial charge in [-0.15, -0.1) is 0 Å². The van der Waals surface area contributed by atoms with Gasteiger partial charge in [0.1, 0.15) is 5.76 Å². The molecule has 210 valence electrons. The SMILES string of the molecule is CC(C)=CCC1=C(O)[C@@]2(CC=C(C)C)CC(CC=C(C)C)C(C)(CC=C(C)C)C(C(=O)C(C)C)(C1=O)C2=O. The Morgan fingerprint density at radius 1 is 0.868 bits per heavy atom. The van der Waals surface area contributed by atoms with Crippen molar-refractivity contribution >= 4 is 17.3 Å². The van der Waals surface area contributed by atoms with Crippen LogP contribution in [0.15, 0.2) is 57.9 Å². The van der Waals surface area contributed by atoms with Crippen molar-refractivity contribution in [1.82, 2.24) is 0 Å². The first-order valence-corrected chi connectivity index (χ1v) is 14.1. The zero-order valence-corrected chi connectivity index (χ0v) is 25.7. The Morgan fingerprint density at radius 3 is 1.84 bits per heavy atom. The Labute approximate surface area is 231 Å². The molecule has 0 aromatic carbocycles. The number of hydrogen-bond acceptors (Lipinski definition) is 4. The summed E-state index contributed by atoms with van der Waals surface area (Å²) >= 11 is 0. The van der Waals surface area contributed by atoms with E-state index in [0.29, 0.717) is 19.3 Å². The van der Waals surface area contributed by atoms with E-state index in [4.69, 9.17) is 0 Å². The number of aliphatic hydroxyl groups is 1. The maximum atomic E-state index is 14.9. The number of allylic oxidation sites excluding steroid dienone is 10. The predicted molar refractivity (Wildman–Crippen MR) is 157 cm³/mol. The summed E-state index contributed by atoms with van der Waals surface area (Å²) in [5.41, 5.74) is 0.416. The number of Topliss-reactive ketones (excluding diaryl/α,β-unsaturated/α-hetero) is 3. The van der Waals surface area contributed by atoms with Crippen molar-refractivity contribution in [2.75, 3.05) is 0 Å². The Balaban J connectivity index is 3.13. The van der Waals surface area contributed by atoms with Crippen LogP contribution < -0.4 is 0 Å². The van der Waals surface area contributed by atoms with E-state index in [1.165, 1.54) is 0 Å². The first-order valence-electron chi connectivity index (χ1n) is 14.1. The van der Waals surface area contributed by atoms with Gasteiger partial charge >= 0.3 is 0 Å². The summed E-state index contributed by atoms with van der Waals surface area (Å²) in [6, 6.07) is 0. The number of hydrogen-bond donors (Lipinski definition) is 1. The smallest absolute Gasteiger partial charge is 0.184 e. The van der Waals surface area contributed by atoms with Gasteiger partial charge in [0.25, 0.3) is 0 Å². The van der Waals surface area contributed by atoms with E-state index >= 15 is 0 Å². The van der Waals surface area contributed by atoms with Crippen LogP contribution in [0.25, 0.3) is 0 Å². The minimum absolute atomic E-state index is 0.124. The van der Waals surface area contributed by atoms with E-state index in [1.807, 2.05) is 74.5 Å². The standard InChI is InChI=1S/C34H50O4/c1-21(2)12-14-26-20-33(19-17-24(7)8)29(36)27(15-13-22(3)4)30(37)34(31(33)38,28(35)25(9)10)32(26,11)18-16-23(5)6/h12-13,16-17,25-26,36H,14-15,18-20H2,1-11H3/t26?,32?,33-,34?/m1/s1. The minimum Gasteiger partial charge on any atom is -0.511 e. The Morgan fingerprint density at radius 2 is 1.37 bits per heavy atom. The third-order valence-corrected chi connectivity index (χ3v) is 8.69. The molecule has 3 unspecified atom stereocenters. The highest BCUT2D eigenvalue weighted by molar-refractivity contribution is 6.33. The average molecular weight is 523 g/mol. The van der Waals surface area contributed by atoms with Crippen molar-refractivity contribution in [2.24, 2.45) is 28.1 Å². The molecule has 4 atom stereocenters.